The molecule has 3 aliphatic rings. The third-order valence-electron chi connectivity index (χ3n) is 11.3. The second-order valence-electron chi connectivity index (χ2n) is 13.9. The van der Waals surface area contributed by atoms with E-state index in [2.05, 4.69) is 127 Å². The number of fused-ring (bicyclic) bond motifs is 9. The summed E-state index contributed by atoms with van der Waals surface area (Å²) in [6.45, 7) is 0. The monoisotopic (exact) mass is 686 g/mol. The summed E-state index contributed by atoms with van der Waals surface area (Å²) in [5.41, 5.74) is 9.11. The second-order valence-corrected chi connectivity index (χ2v) is 16.7. The van der Waals surface area contributed by atoms with Crippen molar-refractivity contribution in [1.82, 2.24) is 0 Å². The molecule has 0 saturated heterocycles. The van der Waals surface area contributed by atoms with Gasteiger partial charge in [-0.2, -0.15) is 0 Å². The van der Waals surface area contributed by atoms with Crippen molar-refractivity contribution in [2.24, 2.45) is 5.92 Å². The van der Waals surface area contributed by atoms with E-state index in [9.17, 15) is 0 Å². The van der Waals surface area contributed by atoms with Crippen molar-refractivity contribution in [3.8, 4) is 33.8 Å². The lowest BCUT2D eigenvalue weighted by Gasteiger charge is -2.43. The summed E-state index contributed by atoms with van der Waals surface area (Å²) >= 11 is 0. The highest BCUT2D eigenvalue weighted by Gasteiger charge is 2.56. The van der Waals surface area contributed by atoms with E-state index < -0.39 is 12.6 Å². The van der Waals surface area contributed by atoms with E-state index >= 15 is 4.57 Å². The standard InChI is InChI=1S/C49H35O2P/c50-52(38-18-3-1-4-19-38,39-20-5-2-6-21-39)40-22-14-17-36(32-40)34-15-13-16-35(31-34)37-29-30-48-46(33-37)49(45-27-11-12-28-47(45)51-48)43-25-9-7-23-41(43)42-24-8-10-26-44(42)49/h1-33,41,43H. The first-order chi connectivity index (χ1) is 25.7. The van der Waals surface area contributed by atoms with Crippen LogP contribution in [-0.2, 0) is 9.98 Å². The van der Waals surface area contributed by atoms with Gasteiger partial charge in [0.15, 0.2) is 7.14 Å². The van der Waals surface area contributed by atoms with Crippen molar-refractivity contribution in [1.29, 1.82) is 0 Å². The van der Waals surface area contributed by atoms with Gasteiger partial charge in [0.2, 0.25) is 0 Å². The molecule has 0 saturated carbocycles. The van der Waals surface area contributed by atoms with E-state index in [1.165, 1.54) is 22.3 Å². The van der Waals surface area contributed by atoms with Crippen molar-refractivity contribution < 1.29 is 9.30 Å². The molecule has 0 fully saturated rings. The molecular weight excluding hydrogens is 652 g/mol. The van der Waals surface area contributed by atoms with Crippen LogP contribution in [0.25, 0.3) is 22.3 Å². The van der Waals surface area contributed by atoms with Crippen molar-refractivity contribution >= 4 is 23.1 Å². The van der Waals surface area contributed by atoms with Crippen LogP contribution in [0.15, 0.2) is 200 Å². The molecule has 0 N–H and O–H groups in total. The first-order valence-corrected chi connectivity index (χ1v) is 19.7. The van der Waals surface area contributed by atoms with Crippen LogP contribution in [0.2, 0.25) is 0 Å². The van der Waals surface area contributed by atoms with Gasteiger partial charge < -0.3 is 9.30 Å². The van der Waals surface area contributed by atoms with Crippen molar-refractivity contribution in [3.05, 3.63) is 222 Å². The molecule has 3 heteroatoms. The molecule has 0 radical (unpaired) electrons. The van der Waals surface area contributed by atoms with Gasteiger partial charge in [-0.15, -0.1) is 0 Å². The molecular formula is C49H35O2P. The normalized spacial score (nSPS) is 19.3. The molecule has 10 rings (SSSR count). The lowest BCUT2D eigenvalue weighted by atomic mass is 9.61. The van der Waals surface area contributed by atoms with Crippen molar-refractivity contribution in [2.45, 2.75) is 11.3 Å². The van der Waals surface area contributed by atoms with E-state index in [4.69, 9.17) is 4.74 Å². The van der Waals surface area contributed by atoms with Crippen LogP contribution in [0.4, 0.5) is 0 Å². The lowest BCUT2D eigenvalue weighted by molar-refractivity contribution is 0.374. The van der Waals surface area contributed by atoms with Crippen molar-refractivity contribution in [3.63, 3.8) is 0 Å². The summed E-state index contributed by atoms with van der Waals surface area (Å²) in [5.74, 6) is 2.32. The zero-order valence-electron chi connectivity index (χ0n) is 28.5. The quantitative estimate of drug-likeness (QED) is 0.169. The highest BCUT2D eigenvalue weighted by molar-refractivity contribution is 7.85. The van der Waals surface area contributed by atoms with Crippen LogP contribution in [-0.4, -0.2) is 0 Å². The Morgan fingerprint density at radius 2 is 1.00 bits per heavy atom. The Balaban J connectivity index is 1.11. The molecule has 248 valence electrons. The fourth-order valence-electron chi connectivity index (χ4n) is 9.03. The van der Waals surface area contributed by atoms with Gasteiger partial charge in [0.1, 0.15) is 11.5 Å². The smallest absolute Gasteiger partial charge is 0.171 e. The Bertz CT molecular complexity index is 2560. The minimum absolute atomic E-state index is 0.216. The number of rotatable bonds is 5. The average Bonchev–Trinajstić information content (AvgIpc) is 3.52. The van der Waals surface area contributed by atoms with E-state index in [-0.39, 0.29) is 11.8 Å². The fourth-order valence-corrected chi connectivity index (χ4v) is 11.7. The molecule has 0 amide bonds. The molecule has 0 aromatic heterocycles. The van der Waals surface area contributed by atoms with Gasteiger partial charge in [0, 0.05) is 38.9 Å². The highest BCUT2D eigenvalue weighted by Crippen LogP contribution is 2.64. The molecule has 2 aliphatic carbocycles. The molecule has 0 bridgehead atoms. The van der Waals surface area contributed by atoms with Crippen LogP contribution < -0.4 is 20.7 Å². The van der Waals surface area contributed by atoms with E-state index in [1.54, 1.807) is 0 Å². The van der Waals surface area contributed by atoms with Crippen LogP contribution in [0, 0.1) is 5.92 Å². The Hall–Kier alpha value is -5.95. The third-order valence-corrected chi connectivity index (χ3v) is 14.4. The summed E-state index contributed by atoms with van der Waals surface area (Å²) in [5, 5.41) is 2.49. The molecule has 1 spiro atoms. The van der Waals surface area contributed by atoms with Gasteiger partial charge in [-0.05, 0) is 63.7 Å². The van der Waals surface area contributed by atoms with Gasteiger partial charge in [-0.1, -0.05) is 170 Å². The van der Waals surface area contributed by atoms with Gasteiger partial charge in [-0.25, -0.2) is 0 Å². The molecule has 3 unspecified atom stereocenters. The van der Waals surface area contributed by atoms with E-state index in [0.29, 0.717) is 0 Å². The molecule has 7 aromatic rings. The summed E-state index contributed by atoms with van der Waals surface area (Å²) in [4.78, 5) is 0. The number of hydrogen-bond donors (Lipinski definition) is 0. The number of ether oxygens (including phenoxy) is 1. The lowest BCUT2D eigenvalue weighted by Crippen LogP contribution is -2.37. The maximum atomic E-state index is 15.2. The average molecular weight is 687 g/mol. The molecule has 52 heavy (non-hydrogen) atoms. The molecule has 1 aliphatic heterocycles. The van der Waals surface area contributed by atoms with Crippen LogP contribution >= 0.6 is 7.14 Å². The van der Waals surface area contributed by atoms with Crippen molar-refractivity contribution in [2.75, 3.05) is 0 Å². The second kappa shape index (κ2) is 12.1. The maximum absolute atomic E-state index is 15.2. The van der Waals surface area contributed by atoms with Gasteiger partial charge in [0.05, 0.1) is 5.41 Å². The molecule has 7 aromatic carbocycles. The van der Waals surface area contributed by atoms with Gasteiger partial charge in [0.25, 0.3) is 0 Å². The SMILES string of the molecule is O=P(c1ccccc1)(c1ccccc1)c1cccc(-c2cccc(-c3ccc4c(c3)C3(c5ccccc5O4)c4ccccc4C4C=CC=CC43)c2)c1. The van der Waals surface area contributed by atoms with Crippen LogP contribution in [0.5, 0.6) is 11.5 Å². The van der Waals surface area contributed by atoms with E-state index in [0.717, 1.165) is 49.7 Å². The van der Waals surface area contributed by atoms with Crippen LogP contribution in [0.3, 0.4) is 0 Å². The number of allylic oxidation sites excluding steroid dienone is 4. The Labute approximate surface area is 304 Å². The third kappa shape index (κ3) is 4.54. The molecule has 1 heterocycles. The minimum Gasteiger partial charge on any atom is -0.457 e. The molecule has 3 atom stereocenters. The maximum Gasteiger partial charge on any atom is 0.171 e. The topological polar surface area (TPSA) is 26.3 Å². The predicted octanol–water partition coefficient (Wildman–Crippen LogP) is 10.9. The highest BCUT2D eigenvalue weighted by atomic mass is 31.2. The Morgan fingerprint density at radius 1 is 0.442 bits per heavy atom. The fraction of sp³-hybridized carbons (Fsp3) is 0.0612. The minimum atomic E-state index is -3.11. The zero-order valence-corrected chi connectivity index (χ0v) is 29.4. The van der Waals surface area contributed by atoms with Gasteiger partial charge >= 0.3 is 0 Å². The predicted molar refractivity (Wildman–Crippen MR) is 214 cm³/mol. The first-order valence-electron chi connectivity index (χ1n) is 17.9. The largest absolute Gasteiger partial charge is 0.457 e. The summed E-state index contributed by atoms with van der Waals surface area (Å²) < 4.78 is 21.9. The summed E-state index contributed by atoms with van der Waals surface area (Å²) in [6.07, 6.45) is 9.17. The number of benzene rings is 7. The first kappa shape index (κ1) is 30.8. The number of para-hydroxylation sites is 1. The Morgan fingerprint density at radius 3 is 1.75 bits per heavy atom. The number of hydrogen-bond acceptors (Lipinski definition) is 2. The zero-order chi connectivity index (χ0) is 34.7. The molecule has 2 nitrogen and oxygen atoms in total. The van der Waals surface area contributed by atoms with E-state index in [1.807, 2.05) is 72.8 Å². The van der Waals surface area contributed by atoms with Crippen LogP contribution in [0.1, 0.15) is 28.2 Å². The summed E-state index contributed by atoms with van der Waals surface area (Å²) in [6, 6.07) is 61.0. The van der Waals surface area contributed by atoms with Gasteiger partial charge in [-0.3, -0.25) is 0 Å². The Kier molecular flexibility index (Phi) is 7.17. The summed E-state index contributed by atoms with van der Waals surface area (Å²) in [7, 11) is -3.11.